The van der Waals surface area contributed by atoms with E-state index in [1.165, 1.54) is 24.0 Å². The van der Waals surface area contributed by atoms with E-state index in [0.717, 1.165) is 12.8 Å². The molecule has 1 aromatic heterocycles. The lowest BCUT2D eigenvalue weighted by atomic mass is 9.90. The van der Waals surface area contributed by atoms with Crippen molar-refractivity contribution in [3.63, 3.8) is 0 Å². The van der Waals surface area contributed by atoms with Crippen LogP contribution in [0.5, 0.6) is 0 Å². The minimum absolute atomic E-state index is 0.0168. The lowest BCUT2D eigenvalue weighted by molar-refractivity contribution is 0.0429. The first-order chi connectivity index (χ1) is 10.3. The Kier molecular flexibility index (Phi) is 3.99. The summed E-state index contributed by atoms with van der Waals surface area (Å²) in [6, 6.07) is 5.81. The predicted molar refractivity (Wildman–Crippen MR) is 75.9 cm³/mol. The highest BCUT2D eigenvalue weighted by Gasteiger charge is 2.15. The van der Waals surface area contributed by atoms with Gasteiger partial charge >= 0.3 is 5.97 Å². The summed E-state index contributed by atoms with van der Waals surface area (Å²) in [5.41, 5.74) is 3.20. The largest absolute Gasteiger partial charge is 0.452 e. The molecule has 0 amide bonds. The van der Waals surface area contributed by atoms with Crippen LogP contribution in [-0.2, 0) is 30.6 Å². The maximum Gasteiger partial charge on any atom is 0.338 e. The minimum Gasteiger partial charge on any atom is -0.452 e. The van der Waals surface area contributed by atoms with Crippen molar-refractivity contribution in [3.05, 3.63) is 46.6 Å². The maximum absolute atomic E-state index is 12.1. The molecular weight excluding hydrogens is 268 g/mol. The van der Waals surface area contributed by atoms with Gasteiger partial charge in [0.1, 0.15) is 0 Å². The van der Waals surface area contributed by atoms with E-state index in [2.05, 4.69) is 10.1 Å². The van der Waals surface area contributed by atoms with E-state index >= 15 is 0 Å². The van der Waals surface area contributed by atoms with Crippen LogP contribution in [0.3, 0.4) is 0 Å². The molecule has 2 aromatic rings. The van der Waals surface area contributed by atoms with Crippen LogP contribution in [0.4, 0.5) is 0 Å². The molecule has 0 aliphatic heterocycles. The van der Waals surface area contributed by atoms with Gasteiger partial charge in [-0.05, 0) is 48.9 Å². The van der Waals surface area contributed by atoms with E-state index in [1.807, 2.05) is 25.1 Å². The van der Waals surface area contributed by atoms with Crippen molar-refractivity contribution < 1.29 is 14.1 Å². The first-order valence-corrected chi connectivity index (χ1v) is 7.36. The van der Waals surface area contributed by atoms with Crippen LogP contribution in [-0.4, -0.2) is 16.1 Å². The molecule has 0 N–H and O–H groups in total. The Bertz CT molecular complexity index is 649. The molecule has 0 radical (unpaired) electrons. The summed E-state index contributed by atoms with van der Waals surface area (Å²) in [4.78, 5) is 16.2. The van der Waals surface area contributed by atoms with Crippen LogP contribution >= 0.6 is 0 Å². The number of esters is 1. The molecule has 0 saturated carbocycles. The molecule has 0 fully saturated rings. The number of hydrogen-bond acceptors (Lipinski definition) is 5. The van der Waals surface area contributed by atoms with Gasteiger partial charge in [0.2, 0.25) is 0 Å². The van der Waals surface area contributed by atoms with Gasteiger partial charge in [-0.25, -0.2) is 4.79 Å². The molecule has 0 saturated heterocycles. The highest BCUT2D eigenvalue weighted by atomic mass is 16.6. The van der Waals surface area contributed by atoms with E-state index < -0.39 is 0 Å². The number of hydrogen-bond donors (Lipinski definition) is 0. The molecule has 1 heterocycles. The summed E-state index contributed by atoms with van der Waals surface area (Å²) in [6.45, 7) is 1.96. The Morgan fingerprint density at radius 3 is 2.86 bits per heavy atom. The molecule has 1 aliphatic rings. The van der Waals surface area contributed by atoms with Crippen molar-refractivity contribution in [2.75, 3.05) is 0 Å². The quantitative estimate of drug-likeness (QED) is 0.809. The predicted octanol–water partition coefficient (Wildman–Crippen LogP) is 2.87. The Labute approximate surface area is 123 Å². The van der Waals surface area contributed by atoms with Crippen LogP contribution in [0.1, 0.15) is 53.0 Å². The summed E-state index contributed by atoms with van der Waals surface area (Å²) in [6.07, 6.45) is 5.26. The van der Waals surface area contributed by atoms with Crippen LogP contribution < -0.4 is 0 Å². The molecule has 1 aliphatic carbocycles. The Morgan fingerprint density at radius 2 is 2.10 bits per heavy atom. The fraction of sp³-hybridized carbons (Fsp3) is 0.438. The van der Waals surface area contributed by atoms with Gasteiger partial charge in [-0.15, -0.1) is 0 Å². The van der Waals surface area contributed by atoms with Gasteiger partial charge < -0.3 is 9.26 Å². The van der Waals surface area contributed by atoms with E-state index in [9.17, 15) is 4.79 Å². The summed E-state index contributed by atoms with van der Waals surface area (Å²) in [7, 11) is 0. The molecule has 0 bridgehead atoms. The number of rotatable bonds is 4. The van der Waals surface area contributed by atoms with Crippen molar-refractivity contribution in [1.29, 1.82) is 0 Å². The first kappa shape index (κ1) is 13.8. The Hall–Kier alpha value is -2.17. The molecular formula is C16H18N2O3. The van der Waals surface area contributed by atoms with Gasteiger partial charge in [-0.3, -0.25) is 0 Å². The van der Waals surface area contributed by atoms with Crippen LogP contribution in [0.15, 0.2) is 22.7 Å². The third kappa shape index (κ3) is 3.12. The smallest absolute Gasteiger partial charge is 0.338 e. The van der Waals surface area contributed by atoms with Crippen molar-refractivity contribution in [3.8, 4) is 0 Å². The summed E-state index contributed by atoms with van der Waals surface area (Å²) in [5.74, 6) is 0.604. The van der Waals surface area contributed by atoms with Crippen LogP contribution in [0.2, 0.25) is 0 Å². The van der Waals surface area contributed by atoms with Crippen molar-refractivity contribution >= 4 is 5.97 Å². The second kappa shape index (κ2) is 6.08. The number of nitrogens with zero attached hydrogens (tertiary/aromatic N) is 2. The lowest BCUT2D eigenvalue weighted by Crippen LogP contribution is -2.09. The highest BCUT2D eigenvalue weighted by Crippen LogP contribution is 2.22. The third-order valence-corrected chi connectivity index (χ3v) is 3.74. The molecule has 110 valence electrons. The Morgan fingerprint density at radius 1 is 1.29 bits per heavy atom. The topological polar surface area (TPSA) is 65.2 Å². The van der Waals surface area contributed by atoms with Crippen molar-refractivity contribution in [2.24, 2.45) is 0 Å². The maximum atomic E-state index is 12.1. The van der Waals surface area contributed by atoms with Gasteiger partial charge in [0.15, 0.2) is 12.4 Å². The van der Waals surface area contributed by atoms with E-state index in [4.69, 9.17) is 9.26 Å². The van der Waals surface area contributed by atoms with Crippen molar-refractivity contribution in [2.45, 2.75) is 45.6 Å². The molecule has 3 rings (SSSR count). The number of fused-ring (bicyclic) bond motifs is 1. The molecule has 5 heteroatoms. The average Bonchev–Trinajstić information content (AvgIpc) is 3.00. The second-order valence-electron chi connectivity index (χ2n) is 5.22. The van der Waals surface area contributed by atoms with Gasteiger partial charge in [0.25, 0.3) is 5.89 Å². The standard InChI is InChI=1S/C16H18N2O3/c1-2-14-17-15(21-18-14)10-20-16(19)13-8-7-11-5-3-4-6-12(11)9-13/h7-9H,2-6,10H2,1H3. The second-order valence-corrected chi connectivity index (χ2v) is 5.22. The van der Waals surface area contributed by atoms with E-state index in [1.54, 1.807) is 0 Å². The molecule has 0 atom stereocenters. The third-order valence-electron chi connectivity index (χ3n) is 3.74. The SMILES string of the molecule is CCc1noc(COC(=O)c2ccc3c(c2)CCCC3)n1. The van der Waals surface area contributed by atoms with Gasteiger partial charge in [-0.2, -0.15) is 4.98 Å². The number of carbonyl (C=O) groups excluding carboxylic acids is 1. The van der Waals surface area contributed by atoms with Crippen molar-refractivity contribution in [1.82, 2.24) is 10.1 Å². The number of aromatic nitrogens is 2. The first-order valence-electron chi connectivity index (χ1n) is 7.36. The molecule has 0 unspecified atom stereocenters. The summed E-state index contributed by atoms with van der Waals surface area (Å²) in [5, 5.41) is 3.77. The van der Waals surface area contributed by atoms with Gasteiger partial charge in [0.05, 0.1) is 5.56 Å². The van der Waals surface area contributed by atoms with E-state index in [0.29, 0.717) is 23.7 Å². The number of benzene rings is 1. The zero-order chi connectivity index (χ0) is 14.7. The summed E-state index contributed by atoms with van der Waals surface area (Å²) < 4.78 is 10.2. The number of ether oxygens (including phenoxy) is 1. The van der Waals surface area contributed by atoms with Crippen LogP contribution in [0.25, 0.3) is 0 Å². The highest BCUT2D eigenvalue weighted by molar-refractivity contribution is 5.89. The molecule has 0 spiro atoms. The van der Waals surface area contributed by atoms with Gasteiger partial charge in [0, 0.05) is 6.42 Å². The number of carbonyl (C=O) groups is 1. The van der Waals surface area contributed by atoms with Crippen LogP contribution in [0, 0.1) is 0 Å². The van der Waals surface area contributed by atoms with E-state index in [-0.39, 0.29) is 12.6 Å². The zero-order valence-electron chi connectivity index (χ0n) is 12.1. The number of aryl methyl sites for hydroxylation is 3. The monoisotopic (exact) mass is 286 g/mol. The lowest BCUT2D eigenvalue weighted by Gasteiger charge is -2.16. The summed E-state index contributed by atoms with van der Waals surface area (Å²) >= 11 is 0. The zero-order valence-corrected chi connectivity index (χ0v) is 12.1. The average molecular weight is 286 g/mol. The Balaban J connectivity index is 1.65. The molecule has 1 aromatic carbocycles. The fourth-order valence-corrected chi connectivity index (χ4v) is 2.56. The molecule has 5 nitrogen and oxygen atoms in total. The minimum atomic E-state index is -0.348. The van der Waals surface area contributed by atoms with Gasteiger partial charge in [-0.1, -0.05) is 18.1 Å². The fourth-order valence-electron chi connectivity index (χ4n) is 2.56. The molecule has 21 heavy (non-hydrogen) atoms. The normalized spacial score (nSPS) is 13.8.